The molecule has 1 fully saturated rings. The second kappa shape index (κ2) is 7.38. The van der Waals surface area contributed by atoms with Gasteiger partial charge in [-0.1, -0.05) is 12.1 Å². The third-order valence-corrected chi connectivity index (χ3v) is 4.38. The van der Waals surface area contributed by atoms with Gasteiger partial charge in [0.25, 0.3) is 0 Å². The number of nitrogens with one attached hydrogen (secondary N) is 2. The number of hydrogen-bond donors (Lipinski definition) is 2. The molecule has 1 saturated heterocycles. The third-order valence-electron chi connectivity index (χ3n) is 4.38. The Kier molecular flexibility index (Phi) is 5.02. The number of urea groups is 1. The van der Waals surface area contributed by atoms with Crippen LogP contribution in [0.5, 0.6) is 0 Å². The summed E-state index contributed by atoms with van der Waals surface area (Å²) in [6.07, 6.45) is 5.19. The fourth-order valence-electron chi connectivity index (χ4n) is 3.10. The highest BCUT2D eigenvalue weighted by Crippen LogP contribution is 2.21. The van der Waals surface area contributed by atoms with Crippen LogP contribution in [0.1, 0.15) is 19.8 Å². The van der Waals surface area contributed by atoms with E-state index in [0.717, 1.165) is 29.9 Å². The molecule has 2 heterocycles. The van der Waals surface area contributed by atoms with Crippen LogP contribution in [-0.4, -0.2) is 45.5 Å². The van der Waals surface area contributed by atoms with Crippen LogP contribution in [0.3, 0.4) is 0 Å². The molecule has 2 aromatic rings. The van der Waals surface area contributed by atoms with Crippen molar-refractivity contribution in [1.29, 1.82) is 0 Å². The minimum atomic E-state index is -0.113. The fraction of sp³-hybridized carbons (Fsp3) is 0.389. The average molecular weight is 341 g/mol. The zero-order valence-electron chi connectivity index (χ0n) is 14.5. The highest BCUT2D eigenvalue weighted by molar-refractivity contribution is 5.90. The Morgan fingerprint density at radius 1 is 1.24 bits per heavy atom. The second-order valence-electron chi connectivity index (χ2n) is 6.33. The lowest BCUT2D eigenvalue weighted by Gasteiger charge is -2.32. The van der Waals surface area contributed by atoms with Gasteiger partial charge in [-0.15, -0.1) is 0 Å². The van der Waals surface area contributed by atoms with Gasteiger partial charge in [-0.25, -0.2) is 9.78 Å². The summed E-state index contributed by atoms with van der Waals surface area (Å²) < 4.78 is 1.94. The van der Waals surface area contributed by atoms with E-state index in [0.29, 0.717) is 13.1 Å². The Hall–Kier alpha value is -2.83. The molecule has 1 aliphatic heterocycles. The first-order valence-electron chi connectivity index (χ1n) is 8.44. The zero-order chi connectivity index (χ0) is 17.8. The molecule has 0 aliphatic carbocycles. The number of hydrogen-bond acceptors (Lipinski definition) is 3. The molecule has 0 unspecified atom stereocenters. The molecule has 1 aromatic carbocycles. The molecule has 7 nitrogen and oxygen atoms in total. The Bertz CT molecular complexity index is 762. The fourth-order valence-corrected chi connectivity index (χ4v) is 3.10. The number of likely N-dealkylation sites (tertiary alicyclic amines) is 1. The van der Waals surface area contributed by atoms with Gasteiger partial charge >= 0.3 is 6.03 Å². The van der Waals surface area contributed by atoms with Gasteiger partial charge in [0.1, 0.15) is 5.82 Å². The smallest absolute Gasteiger partial charge is 0.321 e. The largest absolute Gasteiger partial charge is 0.353 e. The van der Waals surface area contributed by atoms with Crippen molar-refractivity contribution in [2.75, 3.05) is 18.4 Å². The van der Waals surface area contributed by atoms with E-state index in [4.69, 9.17) is 0 Å². The lowest BCUT2D eigenvalue weighted by molar-refractivity contribution is -0.119. The van der Waals surface area contributed by atoms with E-state index in [2.05, 4.69) is 15.6 Å². The van der Waals surface area contributed by atoms with E-state index in [1.54, 1.807) is 11.1 Å². The lowest BCUT2D eigenvalue weighted by Crippen LogP contribution is -2.47. The van der Waals surface area contributed by atoms with Crippen molar-refractivity contribution in [3.63, 3.8) is 0 Å². The number of aryl methyl sites for hydroxylation is 1. The third kappa shape index (κ3) is 4.17. The number of imidazole rings is 1. The summed E-state index contributed by atoms with van der Waals surface area (Å²) in [7, 11) is 1.94. The van der Waals surface area contributed by atoms with Crippen LogP contribution in [0, 0.1) is 0 Å². The average Bonchev–Trinajstić information content (AvgIpc) is 3.01. The molecule has 1 aromatic heterocycles. The van der Waals surface area contributed by atoms with Gasteiger partial charge in [0.15, 0.2) is 0 Å². The quantitative estimate of drug-likeness (QED) is 0.898. The number of carbonyl (C=O) groups is 2. The minimum Gasteiger partial charge on any atom is -0.353 e. The minimum absolute atomic E-state index is 0.0194. The molecule has 0 bridgehead atoms. The molecule has 2 N–H and O–H groups in total. The predicted octanol–water partition coefficient (Wildman–Crippen LogP) is 2.22. The summed E-state index contributed by atoms with van der Waals surface area (Å²) in [5, 5.41) is 5.86. The molecule has 25 heavy (non-hydrogen) atoms. The molecule has 3 amide bonds. The Balaban J connectivity index is 1.60. The first-order valence-corrected chi connectivity index (χ1v) is 8.44. The van der Waals surface area contributed by atoms with Gasteiger partial charge in [0, 0.05) is 56.7 Å². The molecule has 0 atom stereocenters. The number of benzene rings is 1. The van der Waals surface area contributed by atoms with Crippen LogP contribution in [0.2, 0.25) is 0 Å². The van der Waals surface area contributed by atoms with Gasteiger partial charge in [0.2, 0.25) is 5.91 Å². The number of nitrogens with zero attached hydrogens (tertiary/aromatic N) is 3. The van der Waals surface area contributed by atoms with Crippen molar-refractivity contribution in [3.05, 3.63) is 36.7 Å². The molecule has 0 radical (unpaired) electrons. The monoisotopic (exact) mass is 341 g/mol. The Morgan fingerprint density at radius 2 is 2.00 bits per heavy atom. The van der Waals surface area contributed by atoms with Crippen molar-refractivity contribution in [3.8, 4) is 11.4 Å². The van der Waals surface area contributed by atoms with Gasteiger partial charge in [-0.3, -0.25) is 4.79 Å². The predicted molar refractivity (Wildman–Crippen MR) is 96.1 cm³/mol. The van der Waals surface area contributed by atoms with Gasteiger partial charge in [0.05, 0.1) is 0 Å². The first kappa shape index (κ1) is 17.0. The number of amides is 3. The topological polar surface area (TPSA) is 79.3 Å². The summed E-state index contributed by atoms with van der Waals surface area (Å²) in [6, 6.07) is 7.71. The van der Waals surface area contributed by atoms with E-state index in [-0.39, 0.29) is 18.0 Å². The zero-order valence-corrected chi connectivity index (χ0v) is 14.5. The van der Waals surface area contributed by atoms with Crippen LogP contribution in [0.4, 0.5) is 10.5 Å². The maximum absolute atomic E-state index is 12.5. The first-order chi connectivity index (χ1) is 12.0. The molecular weight excluding hydrogens is 318 g/mol. The van der Waals surface area contributed by atoms with Crippen LogP contribution in [0.25, 0.3) is 11.4 Å². The number of rotatable bonds is 3. The summed E-state index contributed by atoms with van der Waals surface area (Å²) in [5.41, 5.74) is 1.70. The van der Waals surface area contributed by atoms with Gasteiger partial charge in [-0.2, -0.15) is 0 Å². The molecular formula is C18H23N5O2. The number of piperidine rings is 1. The summed E-state index contributed by atoms with van der Waals surface area (Å²) >= 11 is 0. The summed E-state index contributed by atoms with van der Waals surface area (Å²) in [5.74, 6) is 0.834. The Labute approximate surface area is 147 Å². The summed E-state index contributed by atoms with van der Waals surface area (Å²) in [6.45, 7) is 2.79. The van der Waals surface area contributed by atoms with Crippen molar-refractivity contribution < 1.29 is 9.59 Å². The summed E-state index contributed by atoms with van der Waals surface area (Å²) in [4.78, 5) is 29.7. The van der Waals surface area contributed by atoms with Crippen LogP contribution in [-0.2, 0) is 11.8 Å². The van der Waals surface area contributed by atoms with Crippen molar-refractivity contribution >= 4 is 17.6 Å². The molecule has 132 valence electrons. The van der Waals surface area contributed by atoms with Crippen molar-refractivity contribution in [2.45, 2.75) is 25.8 Å². The molecule has 0 saturated carbocycles. The van der Waals surface area contributed by atoms with Crippen LogP contribution in [0.15, 0.2) is 36.7 Å². The van der Waals surface area contributed by atoms with E-state index >= 15 is 0 Å². The number of anilines is 1. The standard InChI is InChI=1S/C18H23N5O2/c1-13(24)20-15-6-9-23(10-7-15)18(25)21-16-5-3-4-14(12-16)17-19-8-11-22(17)2/h3-5,8,11-12,15H,6-7,9-10H2,1-2H3,(H,20,24)(H,21,25). The lowest BCUT2D eigenvalue weighted by atomic mass is 10.1. The molecule has 0 spiro atoms. The maximum Gasteiger partial charge on any atom is 0.321 e. The highest BCUT2D eigenvalue weighted by Gasteiger charge is 2.23. The number of carbonyl (C=O) groups excluding carboxylic acids is 2. The van der Waals surface area contributed by atoms with Gasteiger partial charge < -0.3 is 20.1 Å². The Morgan fingerprint density at radius 3 is 2.64 bits per heavy atom. The van der Waals surface area contributed by atoms with Crippen molar-refractivity contribution in [2.24, 2.45) is 7.05 Å². The van der Waals surface area contributed by atoms with E-state index in [9.17, 15) is 9.59 Å². The second-order valence-corrected chi connectivity index (χ2v) is 6.33. The maximum atomic E-state index is 12.5. The van der Waals surface area contributed by atoms with Crippen LogP contribution >= 0.6 is 0 Å². The molecule has 1 aliphatic rings. The van der Waals surface area contributed by atoms with E-state index in [1.807, 2.05) is 42.1 Å². The highest BCUT2D eigenvalue weighted by atomic mass is 16.2. The molecule has 3 rings (SSSR count). The normalized spacial score (nSPS) is 15.0. The van der Waals surface area contributed by atoms with E-state index < -0.39 is 0 Å². The number of aromatic nitrogens is 2. The molecule has 7 heteroatoms. The van der Waals surface area contributed by atoms with Gasteiger partial charge in [-0.05, 0) is 25.0 Å². The van der Waals surface area contributed by atoms with Crippen molar-refractivity contribution in [1.82, 2.24) is 19.8 Å². The SMILES string of the molecule is CC(=O)NC1CCN(C(=O)Nc2cccc(-c3nccn3C)c2)CC1. The van der Waals surface area contributed by atoms with E-state index in [1.165, 1.54) is 6.92 Å². The van der Waals surface area contributed by atoms with Crippen LogP contribution < -0.4 is 10.6 Å².